The highest BCUT2D eigenvalue weighted by atomic mass is 28.4. The molecule has 0 bridgehead atoms. The molecule has 0 unspecified atom stereocenters. The van der Waals surface area contributed by atoms with Gasteiger partial charge >= 0.3 is 5.97 Å². The minimum absolute atomic E-state index is 0.268. The van der Waals surface area contributed by atoms with E-state index in [0.29, 0.717) is 18.4 Å². The molecule has 1 aliphatic rings. The van der Waals surface area contributed by atoms with Crippen molar-refractivity contribution in [1.29, 1.82) is 0 Å². The van der Waals surface area contributed by atoms with Crippen LogP contribution in [0.15, 0.2) is 24.3 Å². The Kier molecular flexibility index (Phi) is 7.07. The van der Waals surface area contributed by atoms with E-state index in [-0.39, 0.29) is 11.0 Å². The predicted octanol–water partition coefficient (Wildman–Crippen LogP) is 4.71. The number of hydrogen-bond donors (Lipinski definition) is 0. The van der Waals surface area contributed by atoms with E-state index in [0.717, 1.165) is 6.61 Å². The van der Waals surface area contributed by atoms with Crippen LogP contribution >= 0.6 is 0 Å². The number of carbonyl (C=O) groups is 1. The zero-order valence-corrected chi connectivity index (χ0v) is 16.0. The number of hydrogen-bond acceptors (Lipinski definition) is 3. The van der Waals surface area contributed by atoms with Crippen molar-refractivity contribution in [2.75, 3.05) is 13.2 Å². The van der Waals surface area contributed by atoms with E-state index in [4.69, 9.17) is 9.16 Å². The molecule has 1 saturated carbocycles. The summed E-state index contributed by atoms with van der Waals surface area (Å²) in [5.41, 5.74) is 0. The monoisotopic (exact) mass is 324 g/mol. The van der Waals surface area contributed by atoms with Crippen LogP contribution in [0.2, 0.25) is 18.1 Å². The molecule has 3 nitrogen and oxygen atoms in total. The molecule has 2 atom stereocenters. The third-order valence-electron chi connectivity index (χ3n) is 4.93. The summed E-state index contributed by atoms with van der Waals surface area (Å²) in [7, 11) is -1.64. The van der Waals surface area contributed by atoms with Gasteiger partial charge in [0, 0.05) is 12.7 Å². The Morgan fingerprint density at radius 3 is 2.41 bits per heavy atom. The maximum absolute atomic E-state index is 11.2. The molecule has 0 aromatic rings. The third-order valence-corrected chi connectivity index (χ3v) is 9.43. The number of esters is 1. The summed E-state index contributed by atoms with van der Waals surface area (Å²) < 4.78 is 11.2. The van der Waals surface area contributed by atoms with Gasteiger partial charge in [0.05, 0.1) is 6.61 Å². The Morgan fingerprint density at radius 2 is 1.91 bits per heavy atom. The number of allylic oxidation sites excluding steroid dienone is 3. The normalized spacial score (nSPS) is 23.0. The van der Waals surface area contributed by atoms with Crippen molar-refractivity contribution in [1.82, 2.24) is 0 Å². The molecule has 0 radical (unpaired) electrons. The van der Waals surface area contributed by atoms with Gasteiger partial charge in [-0.15, -0.1) is 0 Å². The maximum atomic E-state index is 11.2. The van der Waals surface area contributed by atoms with E-state index in [2.05, 4.69) is 39.9 Å². The molecule has 1 rings (SSSR count). The van der Waals surface area contributed by atoms with Gasteiger partial charge in [-0.05, 0) is 49.7 Å². The van der Waals surface area contributed by atoms with Crippen LogP contribution in [0, 0.1) is 11.8 Å². The molecule has 0 N–H and O–H groups in total. The fourth-order valence-electron chi connectivity index (χ4n) is 2.12. The molecule has 0 aliphatic heterocycles. The highest BCUT2D eigenvalue weighted by molar-refractivity contribution is 6.74. The van der Waals surface area contributed by atoms with Gasteiger partial charge in [0.2, 0.25) is 0 Å². The Labute approximate surface area is 136 Å². The fourth-order valence-corrected chi connectivity index (χ4v) is 3.18. The summed E-state index contributed by atoms with van der Waals surface area (Å²) in [6.45, 7) is 14.5. The topological polar surface area (TPSA) is 35.5 Å². The van der Waals surface area contributed by atoms with Crippen molar-refractivity contribution in [2.45, 2.75) is 58.7 Å². The quantitative estimate of drug-likeness (QED) is 0.294. The zero-order chi connectivity index (χ0) is 16.8. The summed E-state index contributed by atoms with van der Waals surface area (Å²) in [6.07, 6.45) is 9.85. The smallest absolute Gasteiger partial charge is 0.330 e. The number of rotatable bonds is 7. The minimum Gasteiger partial charge on any atom is -0.463 e. The minimum atomic E-state index is -1.64. The van der Waals surface area contributed by atoms with E-state index in [1.165, 1.54) is 18.9 Å². The van der Waals surface area contributed by atoms with Crippen molar-refractivity contribution in [2.24, 2.45) is 11.8 Å². The molecule has 1 fully saturated rings. The van der Waals surface area contributed by atoms with Crippen LogP contribution in [-0.4, -0.2) is 27.5 Å². The molecule has 0 amide bonds. The zero-order valence-electron chi connectivity index (χ0n) is 15.0. The average molecular weight is 325 g/mol. The summed E-state index contributed by atoms with van der Waals surface area (Å²) in [5.74, 6) is 0.927. The molecule has 126 valence electrons. The first kappa shape index (κ1) is 19.2. The molecule has 0 heterocycles. The van der Waals surface area contributed by atoms with Crippen LogP contribution in [0.1, 0.15) is 40.5 Å². The van der Waals surface area contributed by atoms with E-state index in [1.807, 2.05) is 13.0 Å². The summed E-state index contributed by atoms with van der Waals surface area (Å²) >= 11 is 0. The molecule has 0 spiro atoms. The van der Waals surface area contributed by atoms with Crippen molar-refractivity contribution in [3.63, 3.8) is 0 Å². The van der Waals surface area contributed by atoms with E-state index in [9.17, 15) is 4.79 Å². The lowest BCUT2D eigenvalue weighted by molar-refractivity contribution is -0.137. The first-order chi connectivity index (χ1) is 10.2. The van der Waals surface area contributed by atoms with Crippen LogP contribution in [0.3, 0.4) is 0 Å². The molecule has 0 aromatic heterocycles. The summed E-state index contributed by atoms with van der Waals surface area (Å²) in [5, 5.41) is 0.268. The lowest BCUT2D eigenvalue weighted by Gasteiger charge is -2.41. The van der Waals surface area contributed by atoms with Gasteiger partial charge in [0.1, 0.15) is 0 Å². The lowest BCUT2D eigenvalue weighted by atomic mass is 9.74. The van der Waals surface area contributed by atoms with Crippen LogP contribution in [-0.2, 0) is 14.0 Å². The van der Waals surface area contributed by atoms with Gasteiger partial charge in [-0.3, -0.25) is 0 Å². The third kappa shape index (κ3) is 5.73. The van der Waals surface area contributed by atoms with E-state index >= 15 is 0 Å². The van der Waals surface area contributed by atoms with Crippen molar-refractivity contribution in [3.8, 4) is 0 Å². The highest BCUT2D eigenvalue weighted by Crippen LogP contribution is 2.40. The Morgan fingerprint density at radius 1 is 1.23 bits per heavy atom. The van der Waals surface area contributed by atoms with Gasteiger partial charge in [-0.25, -0.2) is 4.79 Å². The Bertz CT molecular complexity index is 419. The second kappa shape index (κ2) is 8.11. The Balaban J connectivity index is 2.38. The summed E-state index contributed by atoms with van der Waals surface area (Å²) in [6, 6.07) is 0. The standard InChI is InChI=1S/C18H32O3Si/c1-7-20-17(19)11-9-8-10-15-12-13-16(15)14-21-22(5,6)18(2,3)4/h8-11,15-16H,7,12-14H2,1-6H3/b10-8+,11-9+/t15-,16-/m0/s1. The molecular weight excluding hydrogens is 292 g/mol. The molecule has 0 saturated heterocycles. The fraction of sp³-hybridized carbons (Fsp3) is 0.722. The van der Waals surface area contributed by atoms with Crippen molar-refractivity contribution < 1.29 is 14.0 Å². The van der Waals surface area contributed by atoms with Gasteiger partial charge in [0.25, 0.3) is 0 Å². The molecule has 1 aliphatic carbocycles. The number of ether oxygens (including phenoxy) is 1. The Hall–Kier alpha value is -0.873. The predicted molar refractivity (Wildman–Crippen MR) is 94.3 cm³/mol. The molecular formula is C18H32O3Si. The van der Waals surface area contributed by atoms with E-state index < -0.39 is 8.32 Å². The van der Waals surface area contributed by atoms with Crippen molar-refractivity contribution in [3.05, 3.63) is 24.3 Å². The number of carbonyl (C=O) groups excluding carboxylic acids is 1. The van der Waals surface area contributed by atoms with Crippen LogP contribution in [0.4, 0.5) is 0 Å². The second-order valence-corrected chi connectivity index (χ2v) is 12.4. The SMILES string of the molecule is CCOC(=O)/C=C/C=C/[C@H]1CC[C@H]1CO[Si](C)(C)C(C)(C)C. The molecule has 4 heteroatoms. The lowest BCUT2D eigenvalue weighted by Crippen LogP contribution is -2.43. The van der Waals surface area contributed by atoms with Crippen LogP contribution in [0.25, 0.3) is 0 Å². The average Bonchev–Trinajstić information content (AvgIpc) is 2.36. The van der Waals surface area contributed by atoms with Crippen LogP contribution in [0.5, 0.6) is 0 Å². The first-order valence-corrected chi connectivity index (χ1v) is 11.2. The van der Waals surface area contributed by atoms with E-state index in [1.54, 1.807) is 6.08 Å². The largest absolute Gasteiger partial charge is 0.463 e. The van der Waals surface area contributed by atoms with Crippen molar-refractivity contribution >= 4 is 14.3 Å². The van der Waals surface area contributed by atoms with Crippen LogP contribution < -0.4 is 0 Å². The molecule has 22 heavy (non-hydrogen) atoms. The highest BCUT2D eigenvalue weighted by Gasteiger charge is 2.39. The van der Waals surface area contributed by atoms with Gasteiger partial charge in [0.15, 0.2) is 8.32 Å². The van der Waals surface area contributed by atoms with Gasteiger partial charge in [-0.1, -0.05) is 39.0 Å². The molecule has 0 aromatic carbocycles. The maximum Gasteiger partial charge on any atom is 0.330 e. The summed E-state index contributed by atoms with van der Waals surface area (Å²) in [4.78, 5) is 11.2. The van der Waals surface area contributed by atoms with Gasteiger partial charge < -0.3 is 9.16 Å². The second-order valence-electron chi connectivity index (χ2n) is 7.57. The first-order valence-electron chi connectivity index (χ1n) is 8.33. The van der Waals surface area contributed by atoms with Gasteiger partial charge in [-0.2, -0.15) is 0 Å².